The first kappa shape index (κ1) is 19.9. The zero-order valence-corrected chi connectivity index (χ0v) is 12.4. The highest BCUT2D eigenvalue weighted by Gasteiger charge is 2.53. The average Bonchev–Trinajstić information content (AvgIpc) is 2.54. The van der Waals surface area contributed by atoms with Crippen LogP contribution in [0.15, 0.2) is 0 Å². The fourth-order valence-electron chi connectivity index (χ4n) is 2.53. The van der Waals surface area contributed by atoms with Crippen molar-refractivity contribution < 1.29 is 64.7 Å². The summed E-state index contributed by atoms with van der Waals surface area (Å²) in [6.45, 7) is 0. The summed E-state index contributed by atoms with van der Waals surface area (Å²) in [6.07, 6.45) is -19.9. The summed E-state index contributed by atoms with van der Waals surface area (Å²) >= 11 is 0. The molecule has 0 aromatic rings. The van der Waals surface area contributed by atoms with Crippen molar-refractivity contribution in [2.45, 2.75) is 61.4 Å². The third kappa shape index (κ3) is 3.74. The second-order valence-corrected chi connectivity index (χ2v) is 5.60. The Morgan fingerprint density at radius 2 is 1.20 bits per heavy atom. The van der Waals surface area contributed by atoms with Crippen molar-refractivity contribution >= 4 is 11.9 Å². The van der Waals surface area contributed by atoms with Crippen molar-refractivity contribution in [3.05, 3.63) is 0 Å². The Hall–Kier alpha value is -1.42. The van der Waals surface area contributed by atoms with E-state index in [-0.39, 0.29) is 0 Å². The monoisotopic (exact) mass is 370 g/mol. The van der Waals surface area contributed by atoms with Gasteiger partial charge in [0.2, 0.25) is 0 Å². The summed E-state index contributed by atoms with van der Waals surface area (Å²) in [4.78, 5) is 22.0. The molecular weight excluding hydrogens is 352 g/mol. The van der Waals surface area contributed by atoms with Crippen LogP contribution in [-0.2, 0) is 23.8 Å². The van der Waals surface area contributed by atoms with Crippen molar-refractivity contribution in [1.29, 1.82) is 0 Å². The number of aliphatic carboxylic acids is 2. The molecule has 0 spiro atoms. The molecule has 0 aliphatic carbocycles. The maximum Gasteiger partial charge on any atom is 0.335 e. The molecule has 2 fully saturated rings. The summed E-state index contributed by atoms with van der Waals surface area (Å²) in [5, 5.41) is 76.1. The van der Waals surface area contributed by atoms with Crippen molar-refractivity contribution in [3.8, 4) is 0 Å². The number of aliphatic hydroxyl groups is 6. The molecule has 13 heteroatoms. The zero-order chi connectivity index (χ0) is 19.0. The van der Waals surface area contributed by atoms with E-state index in [2.05, 4.69) is 4.74 Å². The largest absolute Gasteiger partial charge is 0.479 e. The molecule has 2 aliphatic rings. The van der Waals surface area contributed by atoms with Gasteiger partial charge in [0.05, 0.1) is 0 Å². The fourth-order valence-corrected chi connectivity index (χ4v) is 2.53. The minimum atomic E-state index is -2.07. The summed E-state index contributed by atoms with van der Waals surface area (Å²) in [5.41, 5.74) is 0. The van der Waals surface area contributed by atoms with Crippen LogP contribution in [0.4, 0.5) is 0 Å². The molecule has 8 N–H and O–H groups in total. The Labute approximate surface area is 139 Å². The van der Waals surface area contributed by atoms with E-state index in [9.17, 15) is 40.2 Å². The van der Waals surface area contributed by atoms with Gasteiger partial charge in [-0.25, -0.2) is 9.59 Å². The lowest BCUT2D eigenvalue weighted by Gasteiger charge is -2.44. The fraction of sp³-hybridized carbons (Fsp3) is 0.833. The lowest BCUT2D eigenvalue weighted by Crippen LogP contribution is -2.65. The molecule has 0 aromatic carbocycles. The zero-order valence-electron chi connectivity index (χ0n) is 12.4. The molecule has 2 rings (SSSR count). The number of hydrogen-bond donors (Lipinski definition) is 8. The van der Waals surface area contributed by atoms with Gasteiger partial charge in [-0.1, -0.05) is 0 Å². The Kier molecular flexibility index (Phi) is 5.93. The summed E-state index contributed by atoms with van der Waals surface area (Å²) in [6, 6.07) is 0. The highest BCUT2D eigenvalue weighted by molar-refractivity contribution is 5.73. The van der Waals surface area contributed by atoms with Crippen LogP contribution in [0, 0.1) is 0 Å². The van der Waals surface area contributed by atoms with Gasteiger partial charge in [-0.2, -0.15) is 0 Å². The van der Waals surface area contributed by atoms with Crippen LogP contribution in [0.1, 0.15) is 0 Å². The summed E-state index contributed by atoms with van der Waals surface area (Å²) in [5.74, 6) is -3.38. The van der Waals surface area contributed by atoms with Crippen LogP contribution < -0.4 is 0 Å². The van der Waals surface area contributed by atoms with Crippen molar-refractivity contribution in [3.63, 3.8) is 0 Å². The predicted molar refractivity (Wildman–Crippen MR) is 69.7 cm³/mol. The van der Waals surface area contributed by atoms with Crippen LogP contribution in [0.5, 0.6) is 0 Å². The van der Waals surface area contributed by atoms with Gasteiger partial charge in [0.15, 0.2) is 24.8 Å². The van der Waals surface area contributed by atoms with E-state index in [1.807, 2.05) is 0 Å². The first-order valence-corrected chi connectivity index (χ1v) is 7.06. The third-order valence-corrected chi connectivity index (χ3v) is 3.91. The number of hydrogen-bond acceptors (Lipinski definition) is 11. The maximum absolute atomic E-state index is 11.0. The number of carboxylic acids is 2. The first-order chi connectivity index (χ1) is 11.6. The third-order valence-electron chi connectivity index (χ3n) is 3.91. The minimum absolute atomic E-state index is 1.68. The van der Waals surface area contributed by atoms with E-state index in [0.717, 1.165) is 0 Å². The molecule has 0 bridgehead atoms. The van der Waals surface area contributed by atoms with Gasteiger partial charge in [0.1, 0.15) is 36.6 Å². The summed E-state index contributed by atoms with van der Waals surface area (Å²) in [7, 11) is 0. The van der Waals surface area contributed by atoms with E-state index in [1.165, 1.54) is 0 Å². The highest BCUT2D eigenvalue weighted by atomic mass is 16.7. The van der Waals surface area contributed by atoms with Gasteiger partial charge in [0, 0.05) is 0 Å². The maximum atomic E-state index is 11.0. The van der Waals surface area contributed by atoms with Gasteiger partial charge >= 0.3 is 11.9 Å². The van der Waals surface area contributed by atoms with Crippen LogP contribution in [0.2, 0.25) is 0 Å². The molecule has 13 nitrogen and oxygen atoms in total. The Morgan fingerprint density at radius 1 is 0.680 bits per heavy atom. The second-order valence-electron chi connectivity index (χ2n) is 5.60. The number of aliphatic hydroxyl groups excluding tert-OH is 6. The lowest BCUT2D eigenvalue weighted by molar-refractivity contribution is -0.348. The smallest absolute Gasteiger partial charge is 0.335 e. The Morgan fingerprint density at radius 3 is 1.72 bits per heavy atom. The minimum Gasteiger partial charge on any atom is -0.479 e. The van der Waals surface area contributed by atoms with E-state index in [1.54, 1.807) is 0 Å². The molecular formula is C12H18O13. The topological polar surface area (TPSA) is 224 Å². The molecule has 25 heavy (non-hydrogen) atoms. The van der Waals surface area contributed by atoms with Crippen LogP contribution in [0.25, 0.3) is 0 Å². The van der Waals surface area contributed by atoms with Crippen LogP contribution in [0.3, 0.4) is 0 Å². The Balaban J connectivity index is 2.20. The van der Waals surface area contributed by atoms with Gasteiger partial charge in [-0.05, 0) is 0 Å². The van der Waals surface area contributed by atoms with Gasteiger partial charge < -0.3 is 55.1 Å². The van der Waals surface area contributed by atoms with Crippen molar-refractivity contribution in [2.24, 2.45) is 0 Å². The van der Waals surface area contributed by atoms with E-state index < -0.39 is 73.4 Å². The molecule has 0 radical (unpaired) electrons. The molecule has 2 heterocycles. The standard InChI is InChI=1S/C12H18O13/c13-1-2(14)7(9(18)19)25-12(3(1)15)24-6-4(16)8(10(20)21)23-11(22)5(6)17/h1-8,11-17,22H,(H,18,19)(H,20,21)/t1-,2+,3+,4+,5+,6-,7-,8-,11-,12-/m0/s1. The molecule has 0 amide bonds. The normalized spacial score (nSPS) is 48.1. The second kappa shape index (κ2) is 7.45. The number of rotatable bonds is 4. The van der Waals surface area contributed by atoms with Gasteiger partial charge in [-0.15, -0.1) is 0 Å². The SMILES string of the molecule is O=C(O)[C@H]1O[C@H](O[C@H]2[C@@H](O)[C@@H](C(=O)O)O[C@H](O)[C@@H]2O)[C@H](O)[C@@H](O)[C@H]1O. The quantitative estimate of drug-likeness (QED) is 0.232. The molecule has 0 saturated carbocycles. The number of ether oxygens (including phenoxy) is 3. The van der Waals surface area contributed by atoms with Crippen LogP contribution >= 0.6 is 0 Å². The molecule has 10 atom stereocenters. The van der Waals surface area contributed by atoms with E-state index in [4.69, 9.17) is 19.7 Å². The Bertz CT molecular complexity index is 511. The first-order valence-electron chi connectivity index (χ1n) is 7.06. The molecule has 0 unspecified atom stereocenters. The summed E-state index contributed by atoms with van der Waals surface area (Å²) < 4.78 is 14.3. The van der Waals surface area contributed by atoms with E-state index >= 15 is 0 Å². The average molecular weight is 370 g/mol. The molecule has 2 saturated heterocycles. The molecule has 0 aromatic heterocycles. The highest BCUT2D eigenvalue weighted by Crippen LogP contribution is 2.28. The predicted octanol–water partition coefficient (Wildman–Crippen LogP) is -5.21. The van der Waals surface area contributed by atoms with Crippen LogP contribution in [-0.4, -0.2) is 114 Å². The van der Waals surface area contributed by atoms with E-state index in [0.29, 0.717) is 0 Å². The number of carbonyl (C=O) groups is 2. The molecule has 2 aliphatic heterocycles. The number of carboxylic acid groups (broad SMARTS) is 2. The molecule has 144 valence electrons. The lowest BCUT2D eigenvalue weighted by atomic mass is 9.96. The van der Waals surface area contributed by atoms with Gasteiger partial charge in [0.25, 0.3) is 0 Å². The van der Waals surface area contributed by atoms with Gasteiger partial charge in [-0.3, -0.25) is 0 Å². The van der Waals surface area contributed by atoms with Crippen molar-refractivity contribution in [2.75, 3.05) is 0 Å². The van der Waals surface area contributed by atoms with Crippen molar-refractivity contribution in [1.82, 2.24) is 0 Å².